The van der Waals surface area contributed by atoms with E-state index in [1.54, 1.807) is 24.3 Å². The van der Waals surface area contributed by atoms with Crippen LogP contribution in [0.15, 0.2) is 67.4 Å². The van der Waals surface area contributed by atoms with Gasteiger partial charge in [-0.05, 0) is 38.4 Å². The Balaban J connectivity index is 2.05. The fourth-order valence-corrected chi connectivity index (χ4v) is 2.35. The van der Waals surface area contributed by atoms with E-state index in [-0.39, 0.29) is 17.6 Å². The van der Waals surface area contributed by atoms with Crippen LogP contribution in [0.1, 0.15) is 10.4 Å². The predicted octanol–water partition coefficient (Wildman–Crippen LogP) is 3.36. The Hall–Kier alpha value is -3.73. The highest BCUT2D eigenvalue weighted by atomic mass is 19.4. The van der Waals surface area contributed by atoms with Gasteiger partial charge in [0.15, 0.2) is 5.82 Å². The van der Waals surface area contributed by atoms with Crippen LogP contribution in [0.3, 0.4) is 0 Å². The number of amides is 1. The fraction of sp³-hybridized carbons (Fsp3) is 0.238. The number of benzene rings is 1. The van der Waals surface area contributed by atoms with Crippen molar-refractivity contribution in [3.63, 3.8) is 0 Å². The van der Waals surface area contributed by atoms with Gasteiger partial charge in [-0.3, -0.25) is 4.79 Å². The van der Waals surface area contributed by atoms with Crippen LogP contribution in [-0.4, -0.2) is 59.3 Å². The van der Waals surface area contributed by atoms with Crippen LogP contribution >= 0.6 is 0 Å². The van der Waals surface area contributed by atoms with E-state index in [1.807, 2.05) is 19.0 Å². The molecule has 0 radical (unpaired) electrons. The molecule has 0 aliphatic carbocycles. The van der Waals surface area contributed by atoms with Gasteiger partial charge in [-0.1, -0.05) is 25.3 Å². The molecule has 1 amide bonds. The Bertz CT molecular complexity index is 1010. The van der Waals surface area contributed by atoms with Gasteiger partial charge in [0.25, 0.3) is 5.91 Å². The van der Waals surface area contributed by atoms with Gasteiger partial charge in [0.2, 0.25) is 5.95 Å². The maximum Gasteiger partial charge on any atom is 0.573 e. The summed E-state index contributed by atoms with van der Waals surface area (Å²) in [5, 5.41) is 5.57. The van der Waals surface area contributed by atoms with Crippen LogP contribution in [0.2, 0.25) is 0 Å². The molecular formula is C21H23F3N6O2. The van der Waals surface area contributed by atoms with Gasteiger partial charge in [0.1, 0.15) is 12.1 Å². The van der Waals surface area contributed by atoms with Crippen molar-refractivity contribution in [2.24, 2.45) is 0 Å². The maximum atomic E-state index is 12.3. The smallest absolute Gasteiger partial charge is 0.406 e. The highest BCUT2D eigenvalue weighted by Crippen LogP contribution is 2.21. The average molecular weight is 448 g/mol. The van der Waals surface area contributed by atoms with Crippen molar-refractivity contribution in [2.45, 2.75) is 6.36 Å². The average Bonchev–Trinajstić information content (AvgIpc) is 2.71. The van der Waals surface area contributed by atoms with Crippen LogP contribution in [0, 0.1) is 0 Å². The molecule has 0 unspecified atom stereocenters. The monoisotopic (exact) mass is 448 g/mol. The third-order valence-electron chi connectivity index (χ3n) is 3.79. The molecular weight excluding hydrogens is 425 g/mol. The molecule has 1 heterocycles. The van der Waals surface area contributed by atoms with E-state index in [1.165, 1.54) is 12.4 Å². The highest BCUT2D eigenvalue weighted by Gasteiger charge is 2.30. The summed E-state index contributed by atoms with van der Waals surface area (Å²) in [7, 11) is 3.83. The van der Waals surface area contributed by atoms with Gasteiger partial charge in [0, 0.05) is 29.9 Å². The first-order valence-corrected chi connectivity index (χ1v) is 9.34. The van der Waals surface area contributed by atoms with Crippen LogP contribution < -0.4 is 10.6 Å². The lowest BCUT2D eigenvalue weighted by molar-refractivity contribution is -0.303. The number of alkyl halides is 3. The summed E-state index contributed by atoms with van der Waals surface area (Å²) in [6, 6.07) is 6.78. The molecule has 170 valence electrons. The molecule has 1 aromatic carbocycles. The SMILES string of the molecule is C=C(/C=C\C(=C)OC(F)(F)F)Nc1ncnc(-c2cccc(C(=O)NCCN(C)C)c2)n1. The van der Waals surface area contributed by atoms with Gasteiger partial charge in [-0.25, -0.2) is 9.97 Å². The van der Waals surface area contributed by atoms with Crippen LogP contribution in [-0.2, 0) is 4.74 Å². The minimum atomic E-state index is -4.82. The maximum absolute atomic E-state index is 12.3. The third kappa shape index (κ3) is 8.56. The standard InChI is InChI=1S/C21H23F3N6O2/c1-14(8-9-15(2)32-21(22,23)24)28-20-27-13-26-18(29-20)16-6-5-7-17(12-16)19(31)25-10-11-30(3)4/h5-9,12-13H,1-2,10-11H2,3-4H3,(H,25,31)(H,26,27,28,29)/b9-8-. The third-order valence-corrected chi connectivity index (χ3v) is 3.79. The zero-order valence-electron chi connectivity index (χ0n) is 17.6. The summed E-state index contributed by atoms with van der Waals surface area (Å²) in [5.41, 5.74) is 1.23. The highest BCUT2D eigenvalue weighted by molar-refractivity contribution is 5.95. The molecule has 11 heteroatoms. The molecule has 0 fully saturated rings. The summed E-state index contributed by atoms with van der Waals surface area (Å²) in [4.78, 5) is 26.6. The largest absolute Gasteiger partial charge is 0.573 e. The van der Waals surface area contributed by atoms with Gasteiger partial charge >= 0.3 is 6.36 Å². The zero-order valence-corrected chi connectivity index (χ0v) is 17.6. The molecule has 0 spiro atoms. The number of aromatic nitrogens is 3. The lowest BCUT2D eigenvalue weighted by Crippen LogP contribution is -2.31. The van der Waals surface area contributed by atoms with E-state index < -0.39 is 12.1 Å². The molecule has 2 rings (SSSR count). The molecule has 2 aromatic rings. The molecule has 0 saturated heterocycles. The van der Waals surface area contributed by atoms with Crippen molar-refractivity contribution in [3.8, 4) is 11.4 Å². The molecule has 0 saturated carbocycles. The second kappa shape index (κ2) is 11.0. The van der Waals surface area contributed by atoms with Crippen molar-refractivity contribution in [2.75, 3.05) is 32.5 Å². The van der Waals surface area contributed by atoms with Crippen molar-refractivity contribution in [1.82, 2.24) is 25.2 Å². The first-order valence-electron chi connectivity index (χ1n) is 9.34. The quantitative estimate of drug-likeness (QED) is 0.425. The van der Waals surface area contributed by atoms with E-state index in [2.05, 4.69) is 43.5 Å². The number of rotatable bonds is 10. The number of anilines is 1. The van der Waals surface area contributed by atoms with E-state index in [9.17, 15) is 18.0 Å². The number of likely N-dealkylation sites (N-methyl/N-ethyl adjacent to an activating group) is 1. The summed E-state index contributed by atoms with van der Waals surface area (Å²) in [6.45, 7) is 8.03. The summed E-state index contributed by atoms with van der Waals surface area (Å²) >= 11 is 0. The van der Waals surface area contributed by atoms with Gasteiger partial charge in [-0.15, -0.1) is 13.2 Å². The number of carbonyl (C=O) groups is 1. The number of nitrogens with zero attached hydrogens (tertiary/aromatic N) is 4. The first kappa shape index (κ1) is 24.5. The number of halogens is 3. The first-order chi connectivity index (χ1) is 15.0. The molecule has 1 aromatic heterocycles. The van der Waals surface area contributed by atoms with E-state index in [4.69, 9.17) is 0 Å². The Morgan fingerprint density at radius 2 is 1.97 bits per heavy atom. The Labute approximate surface area is 183 Å². The number of nitrogens with one attached hydrogen (secondary N) is 2. The number of allylic oxidation sites excluding steroid dienone is 2. The second-order valence-electron chi connectivity index (χ2n) is 6.77. The molecule has 0 atom stereocenters. The lowest BCUT2D eigenvalue weighted by Gasteiger charge is -2.11. The number of hydrogen-bond acceptors (Lipinski definition) is 7. The molecule has 32 heavy (non-hydrogen) atoms. The van der Waals surface area contributed by atoms with E-state index in [0.29, 0.717) is 30.0 Å². The molecule has 2 N–H and O–H groups in total. The van der Waals surface area contributed by atoms with Crippen molar-refractivity contribution < 1.29 is 22.7 Å². The lowest BCUT2D eigenvalue weighted by atomic mass is 10.1. The van der Waals surface area contributed by atoms with Crippen molar-refractivity contribution in [3.05, 3.63) is 72.9 Å². The summed E-state index contributed by atoms with van der Waals surface area (Å²) in [6.07, 6.45) is -1.33. The normalized spacial score (nSPS) is 11.4. The Morgan fingerprint density at radius 3 is 2.66 bits per heavy atom. The summed E-state index contributed by atoms with van der Waals surface area (Å²) in [5.74, 6) is -0.404. The van der Waals surface area contributed by atoms with Gasteiger partial charge in [0.05, 0.1) is 0 Å². The molecule has 0 bridgehead atoms. The van der Waals surface area contributed by atoms with Gasteiger partial charge < -0.3 is 20.3 Å². The van der Waals surface area contributed by atoms with Crippen LogP contribution in [0.4, 0.5) is 19.1 Å². The fourth-order valence-electron chi connectivity index (χ4n) is 2.35. The second-order valence-corrected chi connectivity index (χ2v) is 6.77. The molecule has 8 nitrogen and oxygen atoms in total. The van der Waals surface area contributed by atoms with E-state index in [0.717, 1.165) is 6.08 Å². The Kier molecular flexibility index (Phi) is 8.47. The van der Waals surface area contributed by atoms with E-state index >= 15 is 0 Å². The minimum Gasteiger partial charge on any atom is -0.406 e. The topological polar surface area (TPSA) is 92.3 Å². The number of hydrogen-bond donors (Lipinski definition) is 2. The molecule has 0 aliphatic rings. The minimum absolute atomic E-state index is 0.118. The molecule has 0 aliphatic heterocycles. The van der Waals surface area contributed by atoms with Gasteiger partial charge in [-0.2, -0.15) is 4.98 Å². The van der Waals surface area contributed by atoms with Crippen molar-refractivity contribution in [1.29, 1.82) is 0 Å². The van der Waals surface area contributed by atoms with Crippen molar-refractivity contribution >= 4 is 11.9 Å². The Morgan fingerprint density at radius 1 is 1.22 bits per heavy atom. The van der Waals surface area contributed by atoms with Crippen LogP contribution in [0.25, 0.3) is 11.4 Å². The number of carbonyl (C=O) groups excluding carboxylic acids is 1. The summed E-state index contributed by atoms with van der Waals surface area (Å²) < 4.78 is 40.1. The number of ether oxygens (including phenoxy) is 1. The predicted molar refractivity (Wildman–Crippen MR) is 114 cm³/mol. The van der Waals surface area contributed by atoms with Crippen LogP contribution in [0.5, 0.6) is 0 Å². The zero-order chi connectivity index (χ0) is 23.7.